The van der Waals surface area contributed by atoms with E-state index in [9.17, 15) is 13.6 Å². The van der Waals surface area contributed by atoms with E-state index in [-0.39, 0.29) is 27.3 Å². The molecule has 0 saturated heterocycles. The molecule has 0 amide bonds. The van der Waals surface area contributed by atoms with Crippen LogP contribution in [-0.4, -0.2) is 21.0 Å². The zero-order valence-corrected chi connectivity index (χ0v) is 13.9. The molecular weight excluding hydrogens is 374 g/mol. The van der Waals surface area contributed by atoms with Crippen molar-refractivity contribution in [1.29, 1.82) is 0 Å². The quantitative estimate of drug-likeness (QED) is 0.707. The van der Waals surface area contributed by atoms with Gasteiger partial charge in [0.2, 0.25) is 0 Å². The number of pyridine rings is 2. The summed E-state index contributed by atoms with van der Waals surface area (Å²) in [7, 11) is 0. The van der Waals surface area contributed by atoms with Gasteiger partial charge in [-0.05, 0) is 12.1 Å². The van der Waals surface area contributed by atoms with Gasteiger partial charge in [-0.25, -0.2) is 18.6 Å². The summed E-state index contributed by atoms with van der Waals surface area (Å²) in [6.45, 7) is -0.0730. The Labute approximate surface area is 149 Å². The Balaban J connectivity index is 1.94. The second kappa shape index (κ2) is 7.12. The van der Waals surface area contributed by atoms with Crippen molar-refractivity contribution in [2.45, 2.75) is 6.61 Å². The standard InChI is InChI=1S/C16H9ClF2N2O3S/c17-15-11(3-13(25-15)16(22)23)14-12(2-10(19)6-21-14)24-7-8-1-9(18)5-20-4-8/h1-6H,7H2,(H,22,23). The van der Waals surface area contributed by atoms with Crippen LogP contribution < -0.4 is 4.74 Å². The molecule has 9 heteroatoms. The molecule has 0 fully saturated rings. The minimum Gasteiger partial charge on any atom is -0.486 e. The van der Waals surface area contributed by atoms with Gasteiger partial charge in [0.25, 0.3) is 0 Å². The number of aromatic carboxylic acids is 1. The highest BCUT2D eigenvalue weighted by Gasteiger charge is 2.19. The number of rotatable bonds is 5. The van der Waals surface area contributed by atoms with E-state index in [0.29, 0.717) is 11.1 Å². The first-order valence-corrected chi connectivity index (χ1v) is 8.04. The molecule has 3 heterocycles. The average Bonchev–Trinajstić information content (AvgIpc) is 2.95. The van der Waals surface area contributed by atoms with E-state index in [4.69, 9.17) is 21.4 Å². The van der Waals surface area contributed by atoms with Crippen molar-refractivity contribution >= 4 is 28.9 Å². The number of carboxylic acid groups (broad SMARTS) is 1. The molecular formula is C16H9ClF2N2O3S. The van der Waals surface area contributed by atoms with E-state index in [1.54, 1.807) is 0 Å². The minimum absolute atomic E-state index is 0.0198. The monoisotopic (exact) mass is 382 g/mol. The number of aromatic nitrogens is 2. The highest BCUT2D eigenvalue weighted by molar-refractivity contribution is 7.18. The summed E-state index contributed by atoms with van der Waals surface area (Å²) >= 11 is 6.94. The second-order valence-electron chi connectivity index (χ2n) is 4.90. The van der Waals surface area contributed by atoms with Crippen molar-refractivity contribution < 1.29 is 23.4 Å². The average molecular weight is 383 g/mol. The van der Waals surface area contributed by atoms with Gasteiger partial charge in [0.05, 0.1) is 12.4 Å². The summed E-state index contributed by atoms with van der Waals surface area (Å²) in [5, 5.41) is 9.06. The normalized spacial score (nSPS) is 10.7. The molecule has 3 aromatic rings. The fraction of sp³-hybridized carbons (Fsp3) is 0.0625. The summed E-state index contributed by atoms with van der Waals surface area (Å²) in [5.74, 6) is -2.24. The van der Waals surface area contributed by atoms with Crippen LogP contribution in [0.2, 0.25) is 4.34 Å². The highest BCUT2D eigenvalue weighted by atomic mass is 35.5. The van der Waals surface area contributed by atoms with E-state index >= 15 is 0 Å². The minimum atomic E-state index is -1.13. The van der Waals surface area contributed by atoms with Crippen LogP contribution in [0.25, 0.3) is 11.3 Å². The van der Waals surface area contributed by atoms with E-state index in [1.807, 2.05) is 0 Å². The van der Waals surface area contributed by atoms with Gasteiger partial charge in [-0.2, -0.15) is 0 Å². The molecule has 0 aromatic carbocycles. The maximum absolute atomic E-state index is 13.5. The molecule has 25 heavy (non-hydrogen) atoms. The highest BCUT2D eigenvalue weighted by Crippen LogP contribution is 2.39. The summed E-state index contributed by atoms with van der Waals surface area (Å²) in [4.78, 5) is 18.8. The van der Waals surface area contributed by atoms with E-state index in [1.165, 1.54) is 18.3 Å². The Hall–Kier alpha value is -2.58. The number of ether oxygens (including phenoxy) is 1. The second-order valence-corrected chi connectivity index (χ2v) is 6.56. The van der Waals surface area contributed by atoms with E-state index in [0.717, 1.165) is 29.8 Å². The molecule has 3 rings (SSSR count). The van der Waals surface area contributed by atoms with Crippen LogP contribution in [0.1, 0.15) is 15.2 Å². The van der Waals surface area contributed by atoms with E-state index in [2.05, 4.69) is 9.97 Å². The molecule has 0 aliphatic heterocycles. The van der Waals surface area contributed by atoms with Crippen molar-refractivity contribution in [3.05, 3.63) is 63.2 Å². The molecule has 0 atom stereocenters. The van der Waals surface area contributed by atoms with Crippen LogP contribution in [0.3, 0.4) is 0 Å². The molecule has 0 bridgehead atoms. The Morgan fingerprint density at radius 2 is 1.96 bits per heavy atom. The molecule has 128 valence electrons. The number of thiophene rings is 1. The lowest BCUT2D eigenvalue weighted by atomic mass is 10.2. The molecule has 0 aliphatic rings. The first-order valence-electron chi connectivity index (χ1n) is 6.85. The lowest BCUT2D eigenvalue weighted by molar-refractivity contribution is 0.0702. The Morgan fingerprint density at radius 1 is 1.20 bits per heavy atom. The Morgan fingerprint density at radius 3 is 2.64 bits per heavy atom. The van der Waals surface area contributed by atoms with Gasteiger partial charge in [-0.1, -0.05) is 11.6 Å². The summed E-state index contributed by atoms with van der Waals surface area (Å²) in [6.07, 6.45) is 3.44. The largest absolute Gasteiger partial charge is 0.486 e. The third-order valence-corrected chi connectivity index (χ3v) is 4.47. The van der Waals surface area contributed by atoms with Crippen LogP contribution >= 0.6 is 22.9 Å². The number of hydrogen-bond donors (Lipinski definition) is 1. The molecule has 0 spiro atoms. The number of carboxylic acids is 1. The van der Waals surface area contributed by atoms with Crippen LogP contribution in [0.15, 0.2) is 36.8 Å². The lowest BCUT2D eigenvalue weighted by Gasteiger charge is -2.10. The summed E-state index contributed by atoms with van der Waals surface area (Å²) in [5.41, 5.74) is 0.953. The topological polar surface area (TPSA) is 72.3 Å². The van der Waals surface area contributed by atoms with Crippen LogP contribution in [0.4, 0.5) is 8.78 Å². The summed E-state index contributed by atoms with van der Waals surface area (Å²) in [6, 6.07) is 3.68. The molecule has 0 unspecified atom stereocenters. The molecule has 5 nitrogen and oxygen atoms in total. The number of carbonyl (C=O) groups is 1. The van der Waals surface area contributed by atoms with Crippen LogP contribution in [0, 0.1) is 11.6 Å². The fourth-order valence-corrected chi connectivity index (χ4v) is 3.18. The number of nitrogens with zero attached hydrogens (tertiary/aromatic N) is 2. The Kier molecular flexibility index (Phi) is 4.91. The fourth-order valence-electron chi connectivity index (χ4n) is 2.06. The van der Waals surface area contributed by atoms with Crippen molar-refractivity contribution in [2.24, 2.45) is 0 Å². The molecule has 3 aromatic heterocycles. The first kappa shape index (κ1) is 17.2. The van der Waals surface area contributed by atoms with Crippen LogP contribution in [0.5, 0.6) is 5.75 Å². The number of halogens is 3. The van der Waals surface area contributed by atoms with Gasteiger partial charge in [0.15, 0.2) is 0 Å². The van der Waals surface area contributed by atoms with Gasteiger partial charge < -0.3 is 9.84 Å². The van der Waals surface area contributed by atoms with Crippen molar-refractivity contribution in [2.75, 3.05) is 0 Å². The molecule has 0 saturated carbocycles. The lowest BCUT2D eigenvalue weighted by Crippen LogP contribution is -2.00. The zero-order chi connectivity index (χ0) is 18.0. The maximum atomic E-state index is 13.5. The SMILES string of the molecule is O=C(O)c1cc(-c2ncc(F)cc2OCc2cncc(F)c2)c(Cl)s1. The van der Waals surface area contributed by atoms with Crippen molar-refractivity contribution in [3.8, 4) is 17.0 Å². The predicted octanol–water partition coefficient (Wildman–Crippen LogP) is 4.41. The van der Waals surface area contributed by atoms with E-state index < -0.39 is 17.6 Å². The van der Waals surface area contributed by atoms with Gasteiger partial charge in [0.1, 0.15) is 38.9 Å². The Bertz CT molecular complexity index is 949. The van der Waals surface area contributed by atoms with Gasteiger partial charge in [-0.15, -0.1) is 11.3 Å². The van der Waals surface area contributed by atoms with Gasteiger partial charge in [0, 0.05) is 23.4 Å². The zero-order valence-electron chi connectivity index (χ0n) is 12.4. The molecule has 1 N–H and O–H groups in total. The smallest absolute Gasteiger partial charge is 0.345 e. The third kappa shape index (κ3) is 3.92. The van der Waals surface area contributed by atoms with Gasteiger partial charge in [-0.3, -0.25) is 4.98 Å². The molecule has 0 aliphatic carbocycles. The van der Waals surface area contributed by atoms with Crippen molar-refractivity contribution in [3.63, 3.8) is 0 Å². The van der Waals surface area contributed by atoms with Crippen molar-refractivity contribution in [1.82, 2.24) is 9.97 Å². The maximum Gasteiger partial charge on any atom is 0.345 e. The predicted molar refractivity (Wildman–Crippen MR) is 88.0 cm³/mol. The third-order valence-electron chi connectivity index (χ3n) is 3.13. The molecule has 0 radical (unpaired) electrons. The first-order chi connectivity index (χ1) is 11.9. The van der Waals surface area contributed by atoms with Gasteiger partial charge >= 0.3 is 5.97 Å². The van der Waals surface area contributed by atoms with Crippen LogP contribution in [-0.2, 0) is 6.61 Å². The summed E-state index contributed by atoms with van der Waals surface area (Å²) < 4.78 is 32.4. The number of hydrogen-bond acceptors (Lipinski definition) is 5.